The van der Waals surface area contributed by atoms with E-state index in [0.29, 0.717) is 19.5 Å². The lowest BCUT2D eigenvalue weighted by Crippen LogP contribution is -2.48. The Morgan fingerprint density at radius 1 is 1.15 bits per heavy atom. The van der Waals surface area contributed by atoms with Crippen molar-refractivity contribution >= 4 is 11.9 Å². The topological polar surface area (TPSA) is 81.1 Å². The summed E-state index contributed by atoms with van der Waals surface area (Å²) in [5, 5.41) is 18.4. The van der Waals surface area contributed by atoms with Crippen LogP contribution in [-0.4, -0.2) is 70.7 Å². The Hall–Kier alpha value is -1.14. The molecule has 118 valence electrons. The van der Waals surface area contributed by atoms with Gasteiger partial charge in [0.25, 0.3) is 0 Å². The van der Waals surface area contributed by atoms with Gasteiger partial charge in [0, 0.05) is 25.7 Å². The van der Waals surface area contributed by atoms with Crippen molar-refractivity contribution < 1.29 is 19.8 Å². The fourth-order valence-electron chi connectivity index (χ4n) is 2.13. The first-order chi connectivity index (χ1) is 9.40. The van der Waals surface area contributed by atoms with Crippen LogP contribution < -0.4 is 0 Å². The lowest BCUT2D eigenvalue weighted by Gasteiger charge is -2.32. The van der Waals surface area contributed by atoms with Gasteiger partial charge in [0.15, 0.2) is 0 Å². The maximum Gasteiger partial charge on any atom is 0.307 e. The number of aliphatic hydroxyl groups excluding tert-OH is 1. The molecule has 6 nitrogen and oxygen atoms in total. The Morgan fingerprint density at radius 3 is 2.05 bits per heavy atom. The molecule has 2 N–H and O–H groups in total. The van der Waals surface area contributed by atoms with Crippen LogP contribution in [0.15, 0.2) is 0 Å². The summed E-state index contributed by atoms with van der Waals surface area (Å²) in [6, 6.07) is -0.184. The molecule has 0 radical (unpaired) electrons. The van der Waals surface area contributed by atoms with Gasteiger partial charge in [-0.15, -0.1) is 0 Å². The maximum atomic E-state index is 12.2. The molecule has 0 aliphatic carbocycles. The van der Waals surface area contributed by atoms with Crippen molar-refractivity contribution in [1.29, 1.82) is 0 Å². The van der Waals surface area contributed by atoms with Crippen molar-refractivity contribution in [2.24, 2.45) is 5.92 Å². The van der Waals surface area contributed by atoms with E-state index in [-0.39, 0.29) is 31.6 Å². The lowest BCUT2D eigenvalue weighted by molar-refractivity contribution is -0.143. The Labute approximate surface area is 121 Å². The number of likely N-dealkylation sites (N-methyl/N-ethyl adjacent to an activating group) is 1. The quantitative estimate of drug-likeness (QED) is 0.617. The second-order valence-corrected chi connectivity index (χ2v) is 4.98. The number of nitrogens with zero attached hydrogens (tertiary/aromatic N) is 2. The predicted octanol–water partition coefficient (Wildman–Crippen LogP) is 0.648. The van der Waals surface area contributed by atoms with E-state index in [0.717, 1.165) is 0 Å². The Balaban J connectivity index is 4.84. The second-order valence-electron chi connectivity index (χ2n) is 4.98. The molecule has 0 heterocycles. The number of carboxylic acids is 1. The Bertz CT molecular complexity index is 302. The van der Waals surface area contributed by atoms with Crippen LogP contribution in [0.2, 0.25) is 0 Å². The summed E-state index contributed by atoms with van der Waals surface area (Å²) in [5.41, 5.74) is 0. The van der Waals surface area contributed by atoms with E-state index in [4.69, 9.17) is 5.11 Å². The molecule has 2 unspecified atom stereocenters. The van der Waals surface area contributed by atoms with Gasteiger partial charge in [-0.05, 0) is 20.3 Å². The average molecular weight is 288 g/mol. The van der Waals surface area contributed by atoms with E-state index in [1.54, 1.807) is 16.7 Å². The van der Waals surface area contributed by atoms with E-state index in [2.05, 4.69) is 0 Å². The number of carbonyl (C=O) groups is 2. The first-order valence-corrected chi connectivity index (χ1v) is 7.26. The highest BCUT2D eigenvalue weighted by molar-refractivity contribution is 5.78. The molecule has 0 aromatic carbocycles. The van der Waals surface area contributed by atoms with Crippen LogP contribution in [-0.2, 0) is 9.59 Å². The molecule has 2 atom stereocenters. The number of aliphatic carboxylic acids is 1. The van der Waals surface area contributed by atoms with Crippen LogP contribution in [0.25, 0.3) is 0 Å². The molecule has 1 amide bonds. The molecule has 0 bridgehead atoms. The number of carboxylic acid groups (broad SMARTS) is 1. The standard InChI is InChI=1S/C14H28N2O4/c1-5-12(10-17)16(8-11(4)14(19)20)9-13(18)15(6-2)7-3/h11-12,17H,5-10H2,1-4H3,(H,19,20). The smallest absolute Gasteiger partial charge is 0.307 e. The van der Waals surface area contributed by atoms with Gasteiger partial charge < -0.3 is 15.1 Å². The summed E-state index contributed by atoms with van der Waals surface area (Å²) in [5.74, 6) is -1.49. The molecule has 0 aromatic heterocycles. The number of hydrogen-bond acceptors (Lipinski definition) is 4. The number of rotatable bonds is 10. The largest absolute Gasteiger partial charge is 0.481 e. The molecule has 20 heavy (non-hydrogen) atoms. The molecular weight excluding hydrogens is 260 g/mol. The van der Waals surface area contributed by atoms with Crippen molar-refractivity contribution in [3.05, 3.63) is 0 Å². The average Bonchev–Trinajstić information content (AvgIpc) is 2.41. The van der Waals surface area contributed by atoms with E-state index in [1.807, 2.05) is 20.8 Å². The minimum absolute atomic E-state index is 0.0283. The molecule has 0 fully saturated rings. The van der Waals surface area contributed by atoms with Gasteiger partial charge in [-0.3, -0.25) is 14.5 Å². The summed E-state index contributed by atoms with van der Waals surface area (Å²) in [6.45, 7) is 8.96. The van der Waals surface area contributed by atoms with Gasteiger partial charge in [0.05, 0.1) is 19.1 Å². The van der Waals surface area contributed by atoms with E-state index < -0.39 is 11.9 Å². The molecule has 0 aliphatic heterocycles. The number of hydrogen-bond donors (Lipinski definition) is 2. The van der Waals surface area contributed by atoms with Crippen LogP contribution in [0, 0.1) is 5.92 Å². The van der Waals surface area contributed by atoms with Gasteiger partial charge in [0.1, 0.15) is 0 Å². The van der Waals surface area contributed by atoms with Crippen LogP contribution in [0.3, 0.4) is 0 Å². The highest BCUT2D eigenvalue weighted by Gasteiger charge is 2.25. The second kappa shape index (κ2) is 9.72. The zero-order valence-corrected chi connectivity index (χ0v) is 13.0. The minimum atomic E-state index is -0.891. The minimum Gasteiger partial charge on any atom is -0.481 e. The maximum absolute atomic E-state index is 12.2. The van der Waals surface area contributed by atoms with Crippen LogP contribution in [0.1, 0.15) is 34.1 Å². The van der Waals surface area contributed by atoms with Crippen LogP contribution in [0.5, 0.6) is 0 Å². The van der Waals surface area contributed by atoms with Crippen molar-refractivity contribution in [2.45, 2.75) is 40.2 Å². The summed E-state index contributed by atoms with van der Waals surface area (Å²) >= 11 is 0. The fourth-order valence-corrected chi connectivity index (χ4v) is 2.13. The fraction of sp³-hybridized carbons (Fsp3) is 0.857. The third kappa shape index (κ3) is 5.88. The zero-order chi connectivity index (χ0) is 15.7. The van der Waals surface area contributed by atoms with Crippen molar-refractivity contribution in [2.75, 3.05) is 32.8 Å². The summed E-state index contributed by atoms with van der Waals surface area (Å²) in [7, 11) is 0. The van der Waals surface area contributed by atoms with Gasteiger partial charge in [-0.25, -0.2) is 0 Å². The van der Waals surface area contributed by atoms with Gasteiger partial charge in [0.2, 0.25) is 5.91 Å². The summed E-state index contributed by atoms with van der Waals surface area (Å²) in [6.07, 6.45) is 0.675. The highest BCUT2D eigenvalue weighted by atomic mass is 16.4. The third-order valence-corrected chi connectivity index (χ3v) is 3.58. The monoisotopic (exact) mass is 288 g/mol. The molecular formula is C14H28N2O4. The highest BCUT2D eigenvalue weighted by Crippen LogP contribution is 2.09. The third-order valence-electron chi connectivity index (χ3n) is 3.58. The number of carbonyl (C=O) groups excluding carboxylic acids is 1. The molecule has 0 rings (SSSR count). The molecule has 0 aliphatic rings. The van der Waals surface area contributed by atoms with Crippen LogP contribution >= 0.6 is 0 Å². The number of amides is 1. The van der Waals surface area contributed by atoms with Crippen molar-refractivity contribution in [3.63, 3.8) is 0 Å². The first kappa shape index (κ1) is 18.9. The first-order valence-electron chi connectivity index (χ1n) is 7.26. The summed E-state index contributed by atoms with van der Waals surface area (Å²) < 4.78 is 0. The molecule has 0 spiro atoms. The Morgan fingerprint density at radius 2 is 1.70 bits per heavy atom. The zero-order valence-electron chi connectivity index (χ0n) is 13.0. The molecule has 0 aromatic rings. The van der Waals surface area contributed by atoms with E-state index >= 15 is 0 Å². The van der Waals surface area contributed by atoms with Crippen LogP contribution in [0.4, 0.5) is 0 Å². The normalized spacial score (nSPS) is 14.1. The van der Waals surface area contributed by atoms with Crippen molar-refractivity contribution in [3.8, 4) is 0 Å². The van der Waals surface area contributed by atoms with E-state index in [1.165, 1.54) is 0 Å². The summed E-state index contributed by atoms with van der Waals surface area (Å²) in [4.78, 5) is 26.6. The predicted molar refractivity (Wildman–Crippen MR) is 77.5 cm³/mol. The molecule has 6 heteroatoms. The molecule has 0 saturated heterocycles. The Kier molecular flexibility index (Phi) is 9.16. The van der Waals surface area contributed by atoms with Gasteiger partial charge in [-0.2, -0.15) is 0 Å². The lowest BCUT2D eigenvalue weighted by atomic mass is 10.1. The van der Waals surface area contributed by atoms with Gasteiger partial charge in [-0.1, -0.05) is 13.8 Å². The SMILES string of the molecule is CCC(CO)N(CC(=O)N(CC)CC)CC(C)C(=O)O. The molecule has 0 saturated carbocycles. The van der Waals surface area contributed by atoms with E-state index in [9.17, 15) is 14.7 Å². The number of aliphatic hydroxyl groups is 1. The van der Waals surface area contributed by atoms with Gasteiger partial charge >= 0.3 is 5.97 Å². The van der Waals surface area contributed by atoms with Crippen molar-refractivity contribution in [1.82, 2.24) is 9.80 Å².